The summed E-state index contributed by atoms with van der Waals surface area (Å²) in [6, 6.07) is 0.531. The number of rotatable bonds is 12. The van der Waals surface area contributed by atoms with E-state index in [1.807, 2.05) is 0 Å². The Bertz CT molecular complexity index is 446. The first-order valence-electron chi connectivity index (χ1n) is 11.2. The topological polar surface area (TPSA) is 40.6 Å². The minimum Gasteiger partial charge on any atom is -0.303 e. The van der Waals surface area contributed by atoms with Gasteiger partial charge in [0, 0.05) is 25.3 Å². The Kier molecular flexibility index (Phi) is 11.1. The smallest absolute Gasteiger partial charge is 0.146 e. The van der Waals surface area contributed by atoms with Crippen LogP contribution in [0.4, 0.5) is 0 Å². The Balaban J connectivity index is 1.60. The van der Waals surface area contributed by atoms with Gasteiger partial charge in [-0.05, 0) is 77.7 Å². The molecule has 0 spiro atoms. The molecule has 0 aromatic rings. The van der Waals surface area contributed by atoms with E-state index in [0.29, 0.717) is 25.3 Å². The molecule has 27 heavy (non-hydrogen) atoms. The second kappa shape index (κ2) is 13.1. The quantitative estimate of drug-likeness (QED) is 0.414. The molecule has 2 atom stereocenters. The van der Waals surface area contributed by atoms with Gasteiger partial charge >= 0.3 is 0 Å². The number of nitrogens with zero attached hydrogens (tertiary/aromatic N) is 2. The summed E-state index contributed by atoms with van der Waals surface area (Å²) in [7, 11) is 0. The molecule has 2 aliphatic heterocycles. The van der Waals surface area contributed by atoms with Gasteiger partial charge in [-0.15, -0.1) is 0 Å². The largest absolute Gasteiger partial charge is 0.303 e. The SMILES string of the molecule is CCC(CCC(=O)CC(Br)C(=O)CCCN1CCCCC1)N1CCCCC1. The van der Waals surface area contributed by atoms with E-state index in [1.54, 1.807) is 0 Å². The van der Waals surface area contributed by atoms with Crippen molar-refractivity contribution in [1.82, 2.24) is 9.80 Å². The van der Waals surface area contributed by atoms with Crippen LogP contribution in [0, 0.1) is 0 Å². The molecule has 0 aromatic carbocycles. The van der Waals surface area contributed by atoms with Gasteiger partial charge in [0.15, 0.2) is 0 Å². The molecule has 2 rings (SSSR count). The van der Waals surface area contributed by atoms with E-state index in [2.05, 4.69) is 32.7 Å². The minimum absolute atomic E-state index is 0.198. The summed E-state index contributed by atoms with van der Waals surface area (Å²) < 4.78 is 0. The molecule has 0 bridgehead atoms. The van der Waals surface area contributed by atoms with Crippen LogP contribution in [0.1, 0.15) is 84.0 Å². The lowest BCUT2D eigenvalue weighted by atomic mass is 9.99. The summed E-state index contributed by atoms with van der Waals surface area (Å²) in [5.41, 5.74) is 0. The summed E-state index contributed by atoms with van der Waals surface area (Å²) >= 11 is 3.48. The maximum Gasteiger partial charge on any atom is 0.146 e. The number of likely N-dealkylation sites (tertiary alicyclic amines) is 2. The van der Waals surface area contributed by atoms with Crippen LogP contribution >= 0.6 is 15.9 Å². The fourth-order valence-electron chi connectivity index (χ4n) is 4.49. The van der Waals surface area contributed by atoms with Crippen molar-refractivity contribution >= 4 is 27.5 Å². The molecule has 2 saturated heterocycles. The first kappa shape index (κ1) is 23.0. The average molecular weight is 443 g/mol. The number of Topliss-reactive ketones (excluding diaryl/α,β-unsaturated/α-hetero) is 2. The predicted molar refractivity (Wildman–Crippen MR) is 116 cm³/mol. The summed E-state index contributed by atoms with van der Waals surface area (Å²) in [5.74, 6) is 0.431. The lowest BCUT2D eigenvalue weighted by Gasteiger charge is -2.34. The van der Waals surface area contributed by atoms with Crippen molar-refractivity contribution in [3.05, 3.63) is 0 Å². The molecular formula is C22H39BrN2O2. The van der Waals surface area contributed by atoms with Crippen molar-refractivity contribution in [2.75, 3.05) is 32.7 Å². The Labute approximate surface area is 174 Å². The van der Waals surface area contributed by atoms with Gasteiger partial charge in [-0.25, -0.2) is 0 Å². The molecule has 0 radical (unpaired) electrons. The summed E-state index contributed by atoms with van der Waals surface area (Å²) in [6.45, 7) is 7.98. The minimum atomic E-state index is -0.290. The Morgan fingerprint density at radius 1 is 0.926 bits per heavy atom. The van der Waals surface area contributed by atoms with Crippen LogP contribution < -0.4 is 0 Å². The highest BCUT2D eigenvalue weighted by Gasteiger charge is 2.22. The first-order chi connectivity index (χ1) is 13.1. The van der Waals surface area contributed by atoms with Crippen molar-refractivity contribution < 1.29 is 9.59 Å². The second-order valence-electron chi connectivity index (χ2n) is 8.38. The molecule has 156 valence electrons. The number of alkyl halides is 1. The summed E-state index contributed by atoms with van der Waals surface area (Å²) in [6.07, 6.45) is 12.4. The van der Waals surface area contributed by atoms with Crippen molar-refractivity contribution in [3.8, 4) is 0 Å². The van der Waals surface area contributed by atoms with Gasteiger partial charge in [-0.2, -0.15) is 0 Å². The van der Waals surface area contributed by atoms with Gasteiger partial charge in [-0.1, -0.05) is 35.7 Å². The number of carbonyl (C=O) groups is 2. The number of ketones is 2. The number of piperidine rings is 2. The van der Waals surface area contributed by atoms with Gasteiger partial charge in [0.1, 0.15) is 11.6 Å². The van der Waals surface area contributed by atoms with Crippen LogP contribution in [0.3, 0.4) is 0 Å². The van der Waals surface area contributed by atoms with Crippen molar-refractivity contribution in [1.29, 1.82) is 0 Å². The highest BCUT2D eigenvalue weighted by Crippen LogP contribution is 2.20. The lowest BCUT2D eigenvalue weighted by molar-refractivity contribution is -0.124. The van der Waals surface area contributed by atoms with Crippen LogP contribution in [0.15, 0.2) is 0 Å². The third-order valence-corrected chi connectivity index (χ3v) is 7.07. The normalized spacial score (nSPS) is 21.7. The molecule has 2 aliphatic rings. The predicted octanol–water partition coefficient (Wildman–Crippen LogP) is 4.59. The maximum absolute atomic E-state index is 12.4. The highest BCUT2D eigenvalue weighted by molar-refractivity contribution is 9.10. The van der Waals surface area contributed by atoms with Crippen molar-refractivity contribution in [3.63, 3.8) is 0 Å². The summed E-state index contributed by atoms with van der Waals surface area (Å²) in [4.78, 5) is 29.5. The number of halogens is 1. The Morgan fingerprint density at radius 3 is 2.19 bits per heavy atom. The van der Waals surface area contributed by atoms with Gasteiger partial charge in [0.25, 0.3) is 0 Å². The zero-order valence-corrected chi connectivity index (χ0v) is 18.9. The zero-order chi connectivity index (χ0) is 19.5. The molecule has 5 heteroatoms. The molecule has 0 aromatic heterocycles. The molecule has 0 amide bonds. The molecule has 4 nitrogen and oxygen atoms in total. The van der Waals surface area contributed by atoms with Crippen LogP contribution in [-0.4, -0.2) is 65.0 Å². The lowest BCUT2D eigenvalue weighted by Crippen LogP contribution is -2.39. The highest BCUT2D eigenvalue weighted by atomic mass is 79.9. The number of hydrogen-bond donors (Lipinski definition) is 0. The van der Waals surface area contributed by atoms with E-state index < -0.39 is 0 Å². The molecule has 0 saturated carbocycles. The van der Waals surface area contributed by atoms with E-state index in [-0.39, 0.29) is 16.4 Å². The van der Waals surface area contributed by atoms with E-state index in [9.17, 15) is 9.59 Å². The molecule has 2 heterocycles. The summed E-state index contributed by atoms with van der Waals surface area (Å²) in [5, 5.41) is 0. The van der Waals surface area contributed by atoms with Crippen LogP contribution in [0.25, 0.3) is 0 Å². The van der Waals surface area contributed by atoms with Crippen LogP contribution in [-0.2, 0) is 9.59 Å². The van der Waals surface area contributed by atoms with Crippen LogP contribution in [0.5, 0.6) is 0 Å². The van der Waals surface area contributed by atoms with E-state index in [4.69, 9.17) is 0 Å². The molecule has 2 unspecified atom stereocenters. The van der Waals surface area contributed by atoms with Gasteiger partial charge in [0.2, 0.25) is 0 Å². The third kappa shape index (κ3) is 8.74. The number of carbonyl (C=O) groups excluding carboxylic acids is 2. The van der Waals surface area contributed by atoms with Gasteiger partial charge in [-0.3, -0.25) is 9.59 Å². The van der Waals surface area contributed by atoms with E-state index >= 15 is 0 Å². The zero-order valence-electron chi connectivity index (χ0n) is 17.3. The molecule has 0 N–H and O–H groups in total. The fraction of sp³-hybridized carbons (Fsp3) is 0.909. The van der Waals surface area contributed by atoms with Gasteiger partial charge in [0.05, 0.1) is 4.83 Å². The average Bonchev–Trinajstić information content (AvgIpc) is 2.70. The molecular weight excluding hydrogens is 404 g/mol. The monoisotopic (exact) mass is 442 g/mol. The Hall–Kier alpha value is -0.260. The fourth-order valence-corrected chi connectivity index (χ4v) is 5.08. The van der Waals surface area contributed by atoms with Crippen molar-refractivity contribution in [2.24, 2.45) is 0 Å². The first-order valence-corrected chi connectivity index (χ1v) is 12.2. The second-order valence-corrected chi connectivity index (χ2v) is 9.49. The standard InChI is InChI=1S/C22H39BrN2O2/c1-2-19(25-16-7-4-8-17-25)11-12-20(26)18-21(23)22(27)10-9-15-24-13-5-3-6-14-24/h19,21H,2-18H2,1H3. The molecule has 2 fully saturated rings. The van der Waals surface area contributed by atoms with E-state index in [0.717, 1.165) is 25.8 Å². The number of hydrogen-bond acceptors (Lipinski definition) is 4. The van der Waals surface area contributed by atoms with Gasteiger partial charge < -0.3 is 9.80 Å². The third-order valence-electron chi connectivity index (χ3n) is 6.24. The molecule has 0 aliphatic carbocycles. The Morgan fingerprint density at radius 2 is 1.56 bits per heavy atom. The van der Waals surface area contributed by atoms with E-state index in [1.165, 1.54) is 64.7 Å². The van der Waals surface area contributed by atoms with Crippen molar-refractivity contribution in [2.45, 2.75) is 94.8 Å². The maximum atomic E-state index is 12.4. The van der Waals surface area contributed by atoms with Crippen LogP contribution in [0.2, 0.25) is 0 Å².